The molecule has 7 unspecified atom stereocenters. The SMILES string of the molecule is COc1ccc(NC(=O)COc2ccc([C@H]3c4sc(=O)[nH]c4SC4C5CC(C6C(=O)N(C(CC(C)C)C(=O)O)C(=O)C56)C43)cc2)cc1. The average molecular weight is 678 g/mol. The number of aliphatic carboxylic acids is 1. The van der Waals surface area contributed by atoms with Gasteiger partial charge in [-0.05, 0) is 78.5 Å². The van der Waals surface area contributed by atoms with Crippen LogP contribution in [0, 0.1) is 35.5 Å². The molecule has 2 bridgehead atoms. The van der Waals surface area contributed by atoms with Crippen LogP contribution < -0.4 is 19.7 Å². The Labute approximate surface area is 279 Å². The number of carbonyl (C=O) groups is 4. The zero-order valence-electron chi connectivity index (χ0n) is 26.0. The fraction of sp³-hybridized carbons (Fsp3) is 0.441. The first-order chi connectivity index (χ1) is 22.5. The van der Waals surface area contributed by atoms with Gasteiger partial charge >= 0.3 is 10.8 Å². The van der Waals surface area contributed by atoms with Gasteiger partial charge in [-0.2, -0.15) is 0 Å². The summed E-state index contributed by atoms with van der Waals surface area (Å²) in [6.45, 7) is 3.58. The molecule has 11 nitrogen and oxygen atoms in total. The Morgan fingerprint density at radius 3 is 2.30 bits per heavy atom. The van der Waals surface area contributed by atoms with Gasteiger partial charge in [0.15, 0.2) is 6.61 Å². The van der Waals surface area contributed by atoms with Crippen molar-refractivity contribution in [2.45, 2.75) is 48.9 Å². The number of aromatic amines is 1. The number of H-pyrrole nitrogens is 1. The second-order valence-corrected chi connectivity index (χ2v) is 15.3. The molecule has 3 amide bonds. The summed E-state index contributed by atoms with van der Waals surface area (Å²) >= 11 is 2.76. The Morgan fingerprint density at radius 2 is 1.66 bits per heavy atom. The third-order valence-electron chi connectivity index (χ3n) is 10.0. The number of rotatable bonds is 10. The van der Waals surface area contributed by atoms with Crippen LogP contribution in [0.2, 0.25) is 0 Å². The summed E-state index contributed by atoms with van der Waals surface area (Å²) in [5.74, 6) is -2.53. The lowest BCUT2D eigenvalue weighted by molar-refractivity contribution is -0.156. The average Bonchev–Trinajstić information content (AvgIpc) is 3.78. The molecule has 47 heavy (non-hydrogen) atoms. The van der Waals surface area contributed by atoms with Crippen LogP contribution in [0.15, 0.2) is 58.4 Å². The fourth-order valence-corrected chi connectivity index (χ4v) is 11.2. The second kappa shape index (κ2) is 12.2. The number of ether oxygens (including phenoxy) is 2. The third-order valence-corrected chi connectivity index (χ3v) is 12.6. The summed E-state index contributed by atoms with van der Waals surface area (Å²) in [7, 11) is 1.57. The minimum absolute atomic E-state index is 0.000919. The van der Waals surface area contributed by atoms with Crippen molar-refractivity contribution in [2.24, 2.45) is 35.5 Å². The van der Waals surface area contributed by atoms with Crippen LogP contribution in [0.25, 0.3) is 0 Å². The maximum absolute atomic E-state index is 13.9. The summed E-state index contributed by atoms with van der Waals surface area (Å²) in [5, 5.41) is 13.6. The summed E-state index contributed by atoms with van der Waals surface area (Å²) < 4.78 is 10.9. The molecule has 246 valence electrons. The molecule has 7 rings (SSSR count). The van der Waals surface area contributed by atoms with Crippen LogP contribution in [0.3, 0.4) is 0 Å². The number of carbonyl (C=O) groups excluding carboxylic acids is 3. The van der Waals surface area contributed by atoms with Gasteiger partial charge in [-0.25, -0.2) is 4.79 Å². The molecule has 1 saturated heterocycles. The first kappa shape index (κ1) is 31.5. The van der Waals surface area contributed by atoms with Crippen LogP contribution in [-0.4, -0.2) is 63.7 Å². The van der Waals surface area contributed by atoms with Crippen LogP contribution in [-0.2, 0) is 19.2 Å². The van der Waals surface area contributed by atoms with Gasteiger partial charge in [-0.3, -0.25) is 24.1 Å². The number of anilines is 1. The number of aromatic nitrogens is 1. The van der Waals surface area contributed by atoms with Crippen molar-refractivity contribution in [2.75, 3.05) is 19.0 Å². The van der Waals surface area contributed by atoms with Gasteiger partial charge in [0.25, 0.3) is 5.91 Å². The molecule has 2 aliphatic heterocycles. The van der Waals surface area contributed by atoms with Gasteiger partial charge in [-0.1, -0.05) is 37.3 Å². The normalized spacial score (nSPS) is 27.7. The number of carboxylic acids is 1. The van der Waals surface area contributed by atoms with Crippen LogP contribution in [0.1, 0.15) is 43.0 Å². The Bertz CT molecular complexity index is 1790. The zero-order chi connectivity index (χ0) is 33.1. The van der Waals surface area contributed by atoms with Crippen molar-refractivity contribution in [3.05, 3.63) is 68.6 Å². The fourth-order valence-electron chi connectivity index (χ4n) is 8.28. The summed E-state index contributed by atoms with van der Waals surface area (Å²) in [6, 6.07) is 13.3. The van der Waals surface area contributed by atoms with Gasteiger partial charge in [0.1, 0.15) is 17.5 Å². The molecule has 2 aliphatic carbocycles. The summed E-state index contributed by atoms with van der Waals surface area (Å²) in [6.07, 6.45) is 0.924. The van der Waals surface area contributed by atoms with E-state index < -0.39 is 23.8 Å². The molecule has 13 heteroatoms. The molecule has 4 aliphatic rings. The van der Waals surface area contributed by atoms with E-state index in [9.17, 15) is 29.1 Å². The molecule has 1 aromatic heterocycles. The Kier molecular flexibility index (Phi) is 8.15. The Morgan fingerprint density at radius 1 is 1.00 bits per heavy atom. The van der Waals surface area contributed by atoms with E-state index in [1.54, 1.807) is 55.3 Å². The molecule has 3 fully saturated rings. The second-order valence-electron chi connectivity index (χ2n) is 13.1. The maximum Gasteiger partial charge on any atom is 0.326 e. The number of thiazole rings is 1. The molecule has 0 radical (unpaired) electrons. The molecule has 2 aromatic carbocycles. The first-order valence-corrected chi connectivity index (χ1v) is 17.4. The van der Waals surface area contributed by atoms with Crippen LogP contribution in [0.5, 0.6) is 11.5 Å². The lowest BCUT2D eigenvalue weighted by Gasteiger charge is -2.43. The molecular weight excluding hydrogens is 643 g/mol. The summed E-state index contributed by atoms with van der Waals surface area (Å²) in [5.41, 5.74) is 1.57. The monoisotopic (exact) mass is 677 g/mol. The van der Waals surface area contributed by atoms with Crippen LogP contribution in [0.4, 0.5) is 5.69 Å². The number of fused-ring (bicyclic) bond motifs is 9. The van der Waals surface area contributed by atoms with Crippen molar-refractivity contribution >= 4 is 52.5 Å². The number of benzene rings is 2. The maximum atomic E-state index is 13.9. The van der Waals surface area contributed by atoms with Gasteiger partial charge < -0.3 is 24.9 Å². The Hall–Kier alpha value is -4.10. The molecule has 8 atom stereocenters. The number of nitrogens with zero attached hydrogens (tertiary/aromatic N) is 1. The lowest BCUT2D eigenvalue weighted by atomic mass is 9.68. The van der Waals surface area contributed by atoms with E-state index in [-0.39, 0.29) is 70.5 Å². The molecular formula is C34H35N3O8S2. The smallest absolute Gasteiger partial charge is 0.326 e. The van der Waals surface area contributed by atoms with Gasteiger partial charge in [0.05, 0.1) is 24.0 Å². The van der Waals surface area contributed by atoms with Crippen molar-refractivity contribution in [3.8, 4) is 11.5 Å². The molecule has 2 saturated carbocycles. The number of likely N-dealkylation sites (tertiary alicyclic amines) is 1. The molecule has 0 spiro atoms. The highest BCUT2D eigenvalue weighted by Crippen LogP contribution is 2.68. The number of carboxylic acid groups (broad SMARTS) is 1. The predicted molar refractivity (Wildman–Crippen MR) is 175 cm³/mol. The highest BCUT2D eigenvalue weighted by molar-refractivity contribution is 8.00. The topological polar surface area (TPSA) is 155 Å². The molecule has 3 aromatic rings. The number of hydrogen-bond donors (Lipinski definition) is 3. The van der Waals surface area contributed by atoms with Gasteiger partial charge in [-0.15, -0.1) is 11.8 Å². The molecule has 3 heterocycles. The minimum Gasteiger partial charge on any atom is -0.497 e. The van der Waals surface area contributed by atoms with E-state index in [1.165, 1.54) is 11.3 Å². The largest absolute Gasteiger partial charge is 0.497 e. The lowest BCUT2D eigenvalue weighted by Crippen LogP contribution is -2.47. The summed E-state index contributed by atoms with van der Waals surface area (Å²) in [4.78, 5) is 69.9. The van der Waals surface area contributed by atoms with Gasteiger partial charge in [0.2, 0.25) is 11.8 Å². The minimum atomic E-state index is -1.17. The van der Waals surface area contributed by atoms with E-state index in [4.69, 9.17) is 9.47 Å². The van der Waals surface area contributed by atoms with E-state index in [1.807, 2.05) is 26.0 Å². The standard InChI is InChI=1S/C34H35N3O8S2/c1-15(2)12-22(33(41)42)37-31(39)26-20-13-21(27(26)32(37)40)28-25(20)24(29-30(46-28)36-34(43)47-29)16-4-8-19(9-5-16)45-14-23(38)35-17-6-10-18(44-3)11-7-17/h4-11,15,20-22,24-28H,12-14H2,1-3H3,(H,35,38)(H,36,43)(H,41,42)/t20?,21?,22?,24-,25?,26?,27?,28?/m1/s1. The Balaban J connectivity index is 1.12. The van der Waals surface area contributed by atoms with Crippen molar-refractivity contribution < 1.29 is 33.8 Å². The number of nitrogens with one attached hydrogen (secondary N) is 2. The number of thioether (sulfide) groups is 1. The third kappa shape index (κ3) is 5.42. The quantitative estimate of drug-likeness (QED) is 0.264. The number of imide groups is 1. The van der Waals surface area contributed by atoms with Crippen molar-refractivity contribution in [1.82, 2.24) is 9.88 Å². The first-order valence-electron chi connectivity index (χ1n) is 15.7. The predicted octanol–water partition coefficient (Wildman–Crippen LogP) is 4.44. The van der Waals surface area contributed by atoms with E-state index in [0.717, 1.165) is 20.4 Å². The van der Waals surface area contributed by atoms with Crippen molar-refractivity contribution in [3.63, 3.8) is 0 Å². The highest BCUT2D eigenvalue weighted by atomic mass is 32.2. The van der Waals surface area contributed by atoms with Crippen LogP contribution >= 0.6 is 23.1 Å². The zero-order valence-corrected chi connectivity index (χ0v) is 27.6. The highest BCUT2D eigenvalue weighted by Gasteiger charge is 2.70. The van der Waals surface area contributed by atoms with E-state index in [0.29, 0.717) is 23.6 Å². The number of hydrogen-bond acceptors (Lipinski definition) is 9. The van der Waals surface area contributed by atoms with E-state index >= 15 is 0 Å². The number of amides is 3. The molecule has 3 N–H and O–H groups in total. The van der Waals surface area contributed by atoms with Crippen molar-refractivity contribution in [1.29, 1.82) is 0 Å². The van der Waals surface area contributed by atoms with E-state index in [2.05, 4.69) is 10.3 Å². The van der Waals surface area contributed by atoms with Gasteiger partial charge in [0, 0.05) is 21.7 Å². The number of methoxy groups -OCH3 is 1.